The maximum atomic E-state index is 12.1. The van der Waals surface area contributed by atoms with Crippen LogP contribution in [0.5, 0.6) is 5.75 Å². The molecule has 0 bridgehead atoms. The zero-order valence-corrected chi connectivity index (χ0v) is 11.2. The maximum Gasteiger partial charge on any atom is 0.415 e. The molecule has 0 fully saturated rings. The number of methoxy groups -OCH3 is 1. The van der Waals surface area contributed by atoms with Gasteiger partial charge in [-0.25, -0.2) is 0 Å². The van der Waals surface area contributed by atoms with Crippen LogP contribution in [0.1, 0.15) is 5.56 Å². The van der Waals surface area contributed by atoms with Crippen molar-refractivity contribution >= 4 is 15.9 Å². The van der Waals surface area contributed by atoms with E-state index in [4.69, 9.17) is 9.84 Å². The smallest absolute Gasteiger partial charge is 0.415 e. The highest BCUT2D eigenvalue weighted by molar-refractivity contribution is 9.10. The highest BCUT2D eigenvalue weighted by atomic mass is 79.9. The van der Waals surface area contributed by atoms with Gasteiger partial charge in [-0.1, -0.05) is 15.9 Å². The first-order chi connectivity index (χ1) is 8.34. The van der Waals surface area contributed by atoms with Crippen molar-refractivity contribution in [3.05, 3.63) is 28.2 Å². The number of rotatable bonds is 5. The summed E-state index contributed by atoms with van der Waals surface area (Å²) >= 11 is 3.29. The summed E-state index contributed by atoms with van der Waals surface area (Å²) in [6.07, 6.45) is -6.96. The quantitative estimate of drug-likeness (QED) is 0.873. The molecular formula is C11H13BrF3NO2. The number of aliphatic hydroxyl groups is 1. The highest BCUT2D eigenvalue weighted by Gasteiger charge is 2.37. The van der Waals surface area contributed by atoms with Gasteiger partial charge in [-0.05, 0) is 23.8 Å². The second-order valence-corrected chi connectivity index (χ2v) is 4.50. The van der Waals surface area contributed by atoms with Crippen molar-refractivity contribution in [1.29, 1.82) is 0 Å². The molecule has 0 amide bonds. The zero-order valence-electron chi connectivity index (χ0n) is 9.59. The molecule has 102 valence electrons. The molecule has 1 aromatic rings. The molecule has 0 radical (unpaired) electrons. The molecule has 0 aliphatic carbocycles. The van der Waals surface area contributed by atoms with Crippen LogP contribution in [0.15, 0.2) is 22.7 Å². The Hall–Kier alpha value is -0.790. The number of hydrogen-bond acceptors (Lipinski definition) is 3. The van der Waals surface area contributed by atoms with E-state index < -0.39 is 18.8 Å². The third kappa shape index (κ3) is 4.47. The first kappa shape index (κ1) is 15.3. The lowest BCUT2D eigenvalue weighted by atomic mass is 10.2. The number of aliphatic hydroxyl groups excluding tert-OH is 1. The SMILES string of the molecule is COc1ccc(Br)c(CNCC(O)C(F)(F)F)c1. The van der Waals surface area contributed by atoms with Crippen molar-refractivity contribution in [2.75, 3.05) is 13.7 Å². The molecule has 7 heteroatoms. The Kier molecular flexibility index (Phi) is 5.43. The molecule has 1 atom stereocenters. The van der Waals surface area contributed by atoms with Gasteiger partial charge in [0.25, 0.3) is 0 Å². The van der Waals surface area contributed by atoms with Gasteiger partial charge in [-0.15, -0.1) is 0 Å². The average molecular weight is 328 g/mol. The van der Waals surface area contributed by atoms with Crippen molar-refractivity contribution < 1.29 is 23.0 Å². The number of alkyl halides is 3. The van der Waals surface area contributed by atoms with Crippen molar-refractivity contribution in [1.82, 2.24) is 5.32 Å². The van der Waals surface area contributed by atoms with Crippen molar-refractivity contribution in [3.63, 3.8) is 0 Å². The van der Waals surface area contributed by atoms with Crippen LogP contribution >= 0.6 is 15.9 Å². The Bertz CT molecular complexity index is 398. The first-order valence-electron chi connectivity index (χ1n) is 5.12. The number of hydrogen-bond donors (Lipinski definition) is 2. The second kappa shape index (κ2) is 6.40. The van der Waals surface area contributed by atoms with Gasteiger partial charge < -0.3 is 15.2 Å². The summed E-state index contributed by atoms with van der Waals surface area (Å²) in [6, 6.07) is 5.19. The predicted molar refractivity (Wildman–Crippen MR) is 64.5 cm³/mol. The Morgan fingerprint density at radius 3 is 2.67 bits per heavy atom. The van der Waals surface area contributed by atoms with Crippen LogP contribution < -0.4 is 10.1 Å². The van der Waals surface area contributed by atoms with Crippen molar-refractivity contribution in [2.45, 2.75) is 18.8 Å². The molecule has 0 saturated heterocycles. The van der Waals surface area contributed by atoms with E-state index >= 15 is 0 Å². The van der Waals surface area contributed by atoms with Gasteiger partial charge in [0, 0.05) is 17.6 Å². The Morgan fingerprint density at radius 2 is 2.11 bits per heavy atom. The summed E-state index contributed by atoms with van der Waals surface area (Å²) in [4.78, 5) is 0. The lowest BCUT2D eigenvalue weighted by molar-refractivity contribution is -0.201. The van der Waals surface area contributed by atoms with Crippen LogP contribution in [0.2, 0.25) is 0 Å². The summed E-state index contributed by atoms with van der Waals surface area (Å²) in [5.74, 6) is 0.617. The van der Waals surface area contributed by atoms with Crippen LogP contribution in [0, 0.1) is 0 Å². The molecule has 1 aromatic carbocycles. The molecule has 1 unspecified atom stereocenters. The second-order valence-electron chi connectivity index (χ2n) is 3.65. The van der Waals surface area contributed by atoms with Crippen molar-refractivity contribution in [3.8, 4) is 5.75 Å². The molecule has 2 N–H and O–H groups in total. The zero-order chi connectivity index (χ0) is 13.8. The molecule has 0 spiro atoms. The Morgan fingerprint density at radius 1 is 1.44 bits per heavy atom. The van der Waals surface area contributed by atoms with Crippen LogP contribution in [0.3, 0.4) is 0 Å². The van der Waals surface area contributed by atoms with E-state index in [0.717, 1.165) is 10.0 Å². The van der Waals surface area contributed by atoms with E-state index in [-0.39, 0.29) is 6.54 Å². The van der Waals surface area contributed by atoms with Gasteiger partial charge in [0.05, 0.1) is 7.11 Å². The molecule has 0 heterocycles. The fourth-order valence-electron chi connectivity index (χ4n) is 1.27. The van der Waals surface area contributed by atoms with E-state index in [9.17, 15) is 13.2 Å². The largest absolute Gasteiger partial charge is 0.497 e. The minimum Gasteiger partial charge on any atom is -0.497 e. The van der Waals surface area contributed by atoms with Crippen LogP contribution in [0.25, 0.3) is 0 Å². The van der Waals surface area contributed by atoms with Gasteiger partial charge in [0.15, 0.2) is 6.10 Å². The van der Waals surface area contributed by atoms with Gasteiger partial charge >= 0.3 is 6.18 Å². The molecule has 0 aromatic heterocycles. The van der Waals surface area contributed by atoms with E-state index in [2.05, 4.69) is 21.2 Å². The van der Waals surface area contributed by atoms with Gasteiger partial charge in [0.2, 0.25) is 0 Å². The topological polar surface area (TPSA) is 41.5 Å². The number of ether oxygens (including phenoxy) is 1. The summed E-state index contributed by atoms with van der Waals surface area (Å²) in [7, 11) is 1.51. The normalized spacial score (nSPS) is 13.4. The fraction of sp³-hybridized carbons (Fsp3) is 0.455. The lowest BCUT2D eigenvalue weighted by Crippen LogP contribution is -2.38. The monoisotopic (exact) mass is 327 g/mol. The van der Waals surface area contributed by atoms with Crippen molar-refractivity contribution in [2.24, 2.45) is 0 Å². The summed E-state index contributed by atoms with van der Waals surface area (Å²) in [5.41, 5.74) is 0.753. The van der Waals surface area contributed by atoms with Crippen LogP contribution in [-0.4, -0.2) is 31.0 Å². The first-order valence-corrected chi connectivity index (χ1v) is 5.92. The number of nitrogens with one attached hydrogen (secondary N) is 1. The molecular weight excluding hydrogens is 315 g/mol. The van der Waals surface area contributed by atoms with E-state index in [1.54, 1.807) is 18.2 Å². The lowest BCUT2D eigenvalue weighted by Gasteiger charge is -2.15. The third-order valence-electron chi connectivity index (χ3n) is 2.28. The fourth-order valence-corrected chi connectivity index (χ4v) is 1.66. The molecule has 3 nitrogen and oxygen atoms in total. The standard InChI is InChI=1S/C11H13BrF3NO2/c1-18-8-2-3-9(12)7(4-8)5-16-6-10(17)11(13,14)15/h2-4,10,16-17H,5-6H2,1H3. The Labute approximate surface area is 111 Å². The van der Waals surface area contributed by atoms with Crippen LogP contribution in [-0.2, 0) is 6.54 Å². The van der Waals surface area contributed by atoms with E-state index in [0.29, 0.717) is 5.75 Å². The molecule has 18 heavy (non-hydrogen) atoms. The number of halogens is 4. The minimum absolute atomic E-state index is 0.199. The predicted octanol–water partition coefficient (Wildman–Crippen LogP) is 2.47. The summed E-state index contributed by atoms with van der Waals surface area (Å²) in [6.45, 7) is -0.349. The molecule has 1 rings (SSSR count). The van der Waals surface area contributed by atoms with E-state index in [1.807, 2.05) is 0 Å². The van der Waals surface area contributed by atoms with E-state index in [1.165, 1.54) is 7.11 Å². The summed E-state index contributed by atoms with van der Waals surface area (Å²) in [5, 5.41) is 11.4. The van der Waals surface area contributed by atoms with Gasteiger partial charge in [-0.3, -0.25) is 0 Å². The summed E-state index contributed by atoms with van der Waals surface area (Å²) < 4.78 is 41.9. The van der Waals surface area contributed by atoms with Crippen LogP contribution in [0.4, 0.5) is 13.2 Å². The maximum absolute atomic E-state index is 12.1. The third-order valence-corrected chi connectivity index (χ3v) is 3.06. The van der Waals surface area contributed by atoms with Gasteiger partial charge in [0.1, 0.15) is 5.75 Å². The number of benzene rings is 1. The molecule has 0 saturated carbocycles. The highest BCUT2D eigenvalue weighted by Crippen LogP contribution is 2.23. The Balaban J connectivity index is 2.53. The minimum atomic E-state index is -4.60. The average Bonchev–Trinajstić information content (AvgIpc) is 2.30. The molecule has 0 aliphatic heterocycles. The van der Waals surface area contributed by atoms with Gasteiger partial charge in [-0.2, -0.15) is 13.2 Å². The molecule has 0 aliphatic rings.